The average molecular weight is 195 g/mol. The predicted molar refractivity (Wildman–Crippen MR) is 51.4 cm³/mol. The molecule has 3 N–H and O–H groups in total. The first kappa shape index (κ1) is 10.7. The Kier molecular flexibility index (Phi) is 4.10. The Labute approximate surface area is 82.3 Å². The van der Waals surface area contributed by atoms with E-state index < -0.39 is 12.0 Å². The molecule has 0 saturated heterocycles. The van der Waals surface area contributed by atoms with Crippen LogP contribution in [0.2, 0.25) is 0 Å². The maximum absolute atomic E-state index is 11.2. The van der Waals surface area contributed by atoms with Gasteiger partial charge in [-0.1, -0.05) is 30.3 Å². The smallest absolute Gasteiger partial charge is 0.327 e. The van der Waals surface area contributed by atoms with Crippen LogP contribution in [-0.2, 0) is 9.53 Å². The highest BCUT2D eigenvalue weighted by atomic mass is 16.5. The molecule has 0 unspecified atom stereocenters. The van der Waals surface area contributed by atoms with E-state index in [1.807, 2.05) is 6.07 Å². The van der Waals surface area contributed by atoms with Crippen molar-refractivity contribution in [1.82, 2.24) is 0 Å². The number of carbonyl (C=O) groups excluding carboxylic acids is 1. The fourth-order valence-corrected chi connectivity index (χ4v) is 1.03. The Hall–Kier alpha value is -1.39. The van der Waals surface area contributed by atoms with Crippen LogP contribution >= 0.6 is 0 Å². The summed E-state index contributed by atoms with van der Waals surface area (Å²) in [5, 5.41) is 8.45. The number of aliphatic hydroxyl groups excluding tert-OH is 1. The summed E-state index contributed by atoms with van der Waals surface area (Å²) >= 11 is 0. The number of rotatable bonds is 4. The topological polar surface area (TPSA) is 72.6 Å². The van der Waals surface area contributed by atoms with Crippen LogP contribution in [0, 0.1) is 0 Å². The van der Waals surface area contributed by atoms with E-state index >= 15 is 0 Å². The number of hydrogen-bond donors (Lipinski definition) is 2. The van der Waals surface area contributed by atoms with Crippen LogP contribution in [0.3, 0.4) is 0 Å². The first-order valence-electron chi connectivity index (χ1n) is 4.33. The van der Waals surface area contributed by atoms with Gasteiger partial charge in [0.1, 0.15) is 12.6 Å². The van der Waals surface area contributed by atoms with Crippen molar-refractivity contribution in [2.75, 3.05) is 13.2 Å². The van der Waals surface area contributed by atoms with Crippen LogP contribution in [0.25, 0.3) is 0 Å². The van der Waals surface area contributed by atoms with E-state index in [0.717, 1.165) is 0 Å². The molecule has 4 heteroatoms. The predicted octanol–water partition coefficient (Wildman–Crippen LogP) is 0.222. The molecule has 76 valence electrons. The second kappa shape index (κ2) is 5.36. The van der Waals surface area contributed by atoms with Crippen molar-refractivity contribution < 1.29 is 14.6 Å². The van der Waals surface area contributed by atoms with Crippen LogP contribution in [0.15, 0.2) is 30.3 Å². The van der Waals surface area contributed by atoms with Crippen molar-refractivity contribution in [2.45, 2.75) is 6.04 Å². The lowest BCUT2D eigenvalue weighted by atomic mass is 10.1. The van der Waals surface area contributed by atoms with E-state index in [1.165, 1.54) is 0 Å². The van der Waals surface area contributed by atoms with E-state index in [4.69, 9.17) is 15.6 Å². The van der Waals surface area contributed by atoms with Crippen molar-refractivity contribution >= 4 is 5.97 Å². The Morgan fingerprint density at radius 2 is 2.07 bits per heavy atom. The van der Waals surface area contributed by atoms with Crippen molar-refractivity contribution in [2.24, 2.45) is 5.73 Å². The van der Waals surface area contributed by atoms with Gasteiger partial charge in [0, 0.05) is 0 Å². The van der Waals surface area contributed by atoms with Crippen molar-refractivity contribution in [3.63, 3.8) is 0 Å². The lowest BCUT2D eigenvalue weighted by Crippen LogP contribution is -2.24. The summed E-state index contributed by atoms with van der Waals surface area (Å²) in [6, 6.07) is 8.18. The van der Waals surface area contributed by atoms with Gasteiger partial charge in [-0.2, -0.15) is 0 Å². The molecule has 1 aromatic rings. The van der Waals surface area contributed by atoms with Crippen LogP contribution in [-0.4, -0.2) is 24.3 Å². The van der Waals surface area contributed by atoms with Crippen molar-refractivity contribution in [1.29, 1.82) is 0 Å². The fraction of sp³-hybridized carbons (Fsp3) is 0.300. The molecule has 0 aliphatic carbocycles. The minimum absolute atomic E-state index is 0.0145. The van der Waals surface area contributed by atoms with E-state index in [2.05, 4.69) is 0 Å². The van der Waals surface area contributed by atoms with Gasteiger partial charge in [-0.05, 0) is 5.56 Å². The largest absolute Gasteiger partial charge is 0.462 e. The molecular formula is C10H13NO3. The SMILES string of the molecule is N[C@@H](C(=O)OCCO)c1ccccc1. The number of aliphatic hydroxyl groups is 1. The number of esters is 1. The molecule has 1 aromatic carbocycles. The molecular weight excluding hydrogens is 182 g/mol. The Morgan fingerprint density at radius 3 is 2.64 bits per heavy atom. The van der Waals surface area contributed by atoms with E-state index in [0.29, 0.717) is 5.56 Å². The highest BCUT2D eigenvalue weighted by Crippen LogP contribution is 2.10. The lowest BCUT2D eigenvalue weighted by molar-refractivity contribution is -0.146. The second-order valence-electron chi connectivity index (χ2n) is 2.78. The number of benzene rings is 1. The normalized spacial score (nSPS) is 12.1. The van der Waals surface area contributed by atoms with Gasteiger partial charge < -0.3 is 15.6 Å². The first-order valence-corrected chi connectivity index (χ1v) is 4.33. The molecule has 0 aliphatic heterocycles. The summed E-state index contributed by atoms with van der Waals surface area (Å²) in [5.74, 6) is -0.523. The van der Waals surface area contributed by atoms with Gasteiger partial charge in [-0.15, -0.1) is 0 Å². The van der Waals surface area contributed by atoms with Gasteiger partial charge in [-0.3, -0.25) is 0 Å². The quantitative estimate of drug-likeness (QED) is 0.674. The molecule has 4 nitrogen and oxygen atoms in total. The molecule has 1 atom stereocenters. The third-order valence-electron chi connectivity index (χ3n) is 1.75. The van der Waals surface area contributed by atoms with Gasteiger partial charge in [0.15, 0.2) is 0 Å². The Bertz CT molecular complexity index is 287. The maximum Gasteiger partial charge on any atom is 0.327 e. The Balaban J connectivity index is 2.57. The number of hydrogen-bond acceptors (Lipinski definition) is 4. The highest BCUT2D eigenvalue weighted by Gasteiger charge is 2.16. The molecule has 0 spiro atoms. The van der Waals surface area contributed by atoms with Gasteiger partial charge in [0.05, 0.1) is 6.61 Å². The standard InChI is InChI=1S/C10H13NO3/c11-9(10(13)14-7-6-12)8-4-2-1-3-5-8/h1-5,9,12H,6-7,11H2/t9-/m1/s1. The molecule has 0 fully saturated rings. The lowest BCUT2D eigenvalue weighted by Gasteiger charge is -2.10. The maximum atomic E-state index is 11.2. The van der Waals surface area contributed by atoms with E-state index in [1.54, 1.807) is 24.3 Å². The minimum Gasteiger partial charge on any atom is -0.462 e. The van der Waals surface area contributed by atoms with Gasteiger partial charge >= 0.3 is 5.97 Å². The van der Waals surface area contributed by atoms with Crippen molar-refractivity contribution in [3.05, 3.63) is 35.9 Å². The third-order valence-corrected chi connectivity index (χ3v) is 1.75. The summed E-state index contributed by atoms with van der Waals surface area (Å²) in [4.78, 5) is 11.2. The molecule has 0 bridgehead atoms. The molecule has 1 rings (SSSR count). The second-order valence-corrected chi connectivity index (χ2v) is 2.78. The zero-order valence-electron chi connectivity index (χ0n) is 7.72. The molecule has 0 amide bonds. The third kappa shape index (κ3) is 2.83. The van der Waals surface area contributed by atoms with Gasteiger partial charge in [-0.25, -0.2) is 4.79 Å². The summed E-state index contributed by atoms with van der Waals surface area (Å²) in [6.07, 6.45) is 0. The summed E-state index contributed by atoms with van der Waals surface area (Å²) in [6.45, 7) is -0.202. The van der Waals surface area contributed by atoms with Crippen LogP contribution < -0.4 is 5.73 Å². The molecule has 0 aliphatic rings. The number of ether oxygens (including phenoxy) is 1. The van der Waals surface area contributed by atoms with Gasteiger partial charge in [0.2, 0.25) is 0 Å². The molecule has 0 saturated carbocycles. The molecule has 0 radical (unpaired) electrons. The fourth-order valence-electron chi connectivity index (χ4n) is 1.03. The van der Waals surface area contributed by atoms with E-state index in [9.17, 15) is 4.79 Å². The molecule has 14 heavy (non-hydrogen) atoms. The Morgan fingerprint density at radius 1 is 1.43 bits per heavy atom. The van der Waals surface area contributed by atoms with Crippen LogP contribution in [0.5, 0.6) is 0 Å². The zero-order chi connectivity index (χ0) is 10.4. The number of nitrogens with two attached hydrogens (primary N) is 1. The summed E-state index contributed by atoms with van der Waals surface area (Å²) < 4.78 is 4.69. The minimum atomic E-state index is -0.775. The number of carbonyl (C=O) groups is 1. The highest BCUT2D eigenvalue weighted by molar-refractivity contribution is 5.77. The van der Waals surface area contributed by atoms with Crippen LogP contribution in [0.4, 0.5) is 0 Å². The monoisotopic (exact) mass is 195 g/mol. The first-order chi connectivity index (χ1) is 6.75. The molecule has 0 heterocycles. The summed E-state index contributed by atoms with van der Waals surface area (Å²) in [7, 11) is 0. The average Bonchev–Trinajstić information content (AvgIpc) is 2.26. The molecule has 0 aromatic heterocycles. The van der Waals surface area contributed by atoms with Gasteiger partial charge in [0.25, 0.3) is 0 Å². The summed E-state index contributed by atoms with van der Waals surface area (Å²) in [5.41, 5.74) is 6.33. The zero-order valence-corrected chi connectivity index (χ0v) is 7.72. The van der Waals surface area contributed by atoms with E-state index in [-0.39, 0.29) is 13.2 Å². The van der Waals surface area contributed by atoms with Crippen LogP contribution in [0.1, 0.15) is 11.6 Å². The van der Waals surface area contributed by atoms with Crippen molar-refractivity contribution in [3.8, 4) is 0 Å².